The Morgan fingerprint density at radius 3 is 2.79 bits per heavy atom. The van der Waals surface area contributed by atoms with Crippen molar-refractivity contribution < 1.29 is 22.4 Å². The van der Waals surface area contributed by atoms with Crippen LogP contribution in [0.1, 0.15) is 42.7 Å². The summed E-state index contributed by atoms with van der Waals surface area (Å²) in [6.07, 6.45) is -0.903. The molecule has 0 radical (unpaired) electrons. The second kappa shape index (κ2) is 6.70. The fourth-order valence-electron chi connectivity index (χ4n) is 3.90. The molecule has 2 fully saturated rings. The van der Waals surface area contributed by atoms with E-state index in [0.717, 1.165) is 32.2 Å². The van der Waals surface area contributed by atoms with Crippen LogP contribution in [-0.2, 0) is 11.3 Å². The maximum atomic E-state index is 14.2. The number of halogens is 4. The van der Waals surface area contributed by atoms with Crippen molar-refractivity contribution in [2.24, 2.45) is 5.92 Å². The Kier molecular flexibility index (Phi) is 4.80. The highest BCUT2D eigenvalue weighted by molar-refractivity contribution is 5.81. The lowest BCUT2D eigenvalue weighted by Gasteiger charge is -2.25. The van der Waals surface area contributed by atoms with Gasteiger partial charge in [0.2, 0.25) is 0 Å². The summed E-state index contributed by atoms with van der Waals surface area (Å²) in [6, 6.07) is 4.68. The number of carbonyl (C=O) groups is 1. The lowest BCUT2D eigenvalue weighted by Crippen LogP contribution is -2.37. The Bertz CT molecular complexity index is 603. The van der Waals surface area contributed by atoms with E-state index < -0.39 is 12.1 Å². The minimum Gasteiger partial charge on any atom is -0.344 e. The molecule has 1 aromatic carbocycles. The van der Waals surface area contributed by atoms with Gasteiger partial charge in [-0.25, -0.2) is 4.39 Å². The third kappa shape index (κ3) is 3.71. The van der Waals surface area contributed by atoms with Gasteiger partial charge in [0, 0.05) is 12.6 Å². The molecule has 0 spiro atoms. The van der Waals surface area contributed by atoms with Crippen LogP contribution in [0.5, 0.6) is 0 Å². The summed E-state index contributed by atoms with van der Waals surface area (Å²) in [4.78, 5) is 10.9. The number of alkyl halides is 3. The number of fused-ring (bicyclic) bond motifs is 1. The first-order valence-electron chi connectivity index (χ1n) is 8.21. The molecule has 3 atom stereocenters. The molecule has 1 heterocycles. The van der Waals surface area contributed by atoms with Gasteiger partial charge >= 0.3 is 12.1 Å². The van der Waals surface area contributed by atoms with Crippen LogP contribution in [0.3, 0.4) is 0 Å². The Hall–Kier alpha value is -1.63. The molecule has 1 aliphatic heterocycles. The van der Waals surface area contributed by atoms with Crippen LogP contribution in [-0.4, -0.2) is 24.7 Å². The number of hydrogen-bond acceptors (Lipinski definition) is 2. The van der Waals surface area contributed by atoms with Crippen LogP contribution < -0.4 is 10.6 Å². The van der Waals surface area contributed by atoms with E-state index >= 15 is 0 Å². The first-order valence-corrected chi connectivity index (χ1v) is 8.21. The van der Waals surface area contributed by atoms with Gasteiger partial charge in [-0.3, -0.25) is 4.79 Å². The van der Waals surface area contributed by atoms with Gasteiger partial charge in [0.05, 0.1) is 0 Å². The van der Waals surface area contributed by atoms with Gasteiger partial charge in [-0.2, -0.15) is 13.2 Å². The molecule has 1 saturated heterocycles. The summed E-state index contributed by atoms with van der Waals surface area (Å²) in [5.74, 6) is -1.70. The molecule has 0 aromatic heterocycles. The van der Waals surface area contributed by atoms with Crippen LogP contribution in [0.15, 0.2) is 18.2 Å². The normalized spacial score (nSPS) is 26.9. The number of carbonyl (C=O) groups excluding carboxylic acids is 1. The molecule has 3 unspecified atom stereocenters. The second-order valence-electron chi connectivity index (χ2n) is 6.67. The standard InChI is InChI=1S/C17H20F4N2O/c18-14-4-3-10(9-23-16(24)17(19,20)21)6-13(14)12-7-11-2-1-5-22-15(11)8-12/h3-4,6,11-12,15,22H,1-2,5,7-9H2,(H,23,24). The summed E-state index contributed by atoms with van der Waals surface area (Å²) < 4.78 is 50.9. The van der Waals surface area contributed by atoms with Crippen molar-refractivity contribution in [1.82, 2.24) is 10.6 Å². The molecule has 7 heteroatoms. The first-order chi connectivity index (χ1) is 11.3. The van der Waals surface area contributed by atoms with Gasteiger partial charge in [0.1, 0.15) is 5.82 Å². The van der Waals surface area contributed by atoms with Crippen molar-refractivity contribution in [3.8, 4) is 0 Å². The summed E-state index contributed by atoms with van der Waals surface area (Å²) in [5, 5.41) is 5.29. The van der Waals surface area contributed by atoms with Gasteiger partial charge in [-0.15, -0.1) is 0 Å². The van der Waals surface area contributed by atoms with Gasteiger partial charge < -0.3 is 10.6 Å². The molecule has 1 aliphatic carbocycles. The van der Waals surface area contributed by atoms with Crippen molar-refractivity contribution in [3.05, 3.63) is 35.1 Å². The van der Waals surface area contributed by atoms with E-state index in [9.17, 15) is 22.4 Å². The second-order valence-corrected chi connectivity index (χ2v) is 6.67. The van der Waals surface area contributed by atoms with Gasteiger partial charge in [-0.1, -0.05) is 12.1 Å². The predicted octanol–water partition coefficient (Wildman–Crippen LogP) is 3.25. The molecule has 3 nitrogen and oxygen atoms in total. The first kappa shape index (κ1) is 17.2. The zero-order valence-corrected chi connectivity index (χ0v) is 13.1. The highest BCUT2D eigenvalue weighted by Gasteiger charge is 2.39. The number of rotatable bonds is 3. The summed E-state index contributed by atoms with van der Waals surface area (Å²) in [7, 11) is 0. The van der Waals surface area contributed by atoms with Gasteiger partial charge in [-0.05, 0) is 61.3 Å². The lowest BCUT2D eigenvalue weighted by atomic mass is 9.92. The van der Waals surface area contributed by atoms with Crippen molar-refractivity contribution in [3.63, 3.8) is 0 Å². The molecular weight excluding hydrogens is 324 g/mol. The average Bonchev–Trinajstić information content (AvgIpc) is 2.96. The molecule has 3 rings (SSSR count). The molecule has 1 aromatic rings. The molecule has 2 N–H and O–H groups in total. The van der Waals surface area contributed by atoms with E-state index in [1.807, 2.05) is 5.32 Å². The molecule has 132 valence electrons. The van der Waals surface area contributed by atoms with E-state index in [1.165, 1.54) is 12.1 Å². The van der Waals surface area contributed by atoms with E-state index in [1.54, 1.807) is 6.07 Å². The number of piperidine rings is 1. The molecule has 1 amide bonds. The highest BCUT2D eigenvalue weighted by atomic mass is 19.4. The zero-order valence-electron chi connectivity index (χ0n) is 13.1. The summed E-state index contributed by atoms with van der Waals surface area (Å²) in [6.45, 7) is 0.726. The number of amides is 1. The van der Waals surface area contributed by atoms with E-state index in [-0.39, 0.29) is 18.3 Å². The zero-order chi connectivity index (χ0) is 17.3. The average molecular weight is 344 g/mol. The fourth-order valence-corrected chi connectivity index (χ4v) is 3.90. The Morgan fingerprint density at radius 1 is 1.29 bits per heavy atom. The van der Waals surface area contributed by atoms with Gasteiger partial charge in [0.15, 0.2) is 0 Å². The summed E-state index contributed by atoms with van der Waals surface area (Å²) in [5.41, 5.74) is 1.02. The number of hydrogen-bond donors (Lipinski definition) is 2. The monoisotopic (exact) mass is 344 g/mol. The Balaban J connectivity index is 1.69. The van der Waals surface area contributed by atoms with Crippen molar-refractivity contribution in [2.75, 3.05) is 6.54 Å². The maximum Gasteiger partial charge on any atom is 0.471 e. The Labute approximate surface area is 137 Å². The SMILES string of the molecule is O=C(NCc1ccc(F)c(C2CC3CCCNC3C2)c1)C(F)(F)F. The molecular formula is C17H20F4N2O. The van der Waals surface area contributed by atoms with Crippen LogP contribution in [0, 0.1) is 11.7 Å². The maximum absolute atomic E-state index is 14.2. The third-order valence-electron chi connectivity index (χ3n) is 5.06. The minimum atomic E-state index is -4.91. The fraction of sp³-hybridized carbons (Fsp3) is 0.588. The smallest absolute Gasteiger partial charge is 0.344 e. The van der Waals surface area contributed by atoms with Crippen molar-refractivity contribution >= 4 is 5.91 Å². The number of benzene rings is 1. The van der Waals surface area contributed by atoms with Crippen LogP contribution in [0.4, 0.5) is 17.6 Å². The van der Waals surface area contributed by atoms with E-state index in [2.05, 4.69) is 5.32 Å². The Morgan fingerprint density at radius 2 is 2.08 bits per heavy atom. The topological polar surface area (TPSA) is 41.1 Å². The highest BCUT2D eigenvalue weighted by Crippen LogP contribution is 2.42. The number of nitrogens with one attached hydrogen (secondary N) is 2. The quantitative estimate of drug-likeness (QED) is 0.827. The molecule has 1 saturated carbocycles. The minimum absolute atomic E-state index is 0.0730. The predicted molar refractivity (Wildman–Crippen MR) is 80.8 cm³/mol. The lowest BCUT2D eigenvalue weighted by molar-refractivity contribution is -0.173. The third-order valence-corrected chi connectivity index (χ3v) is 5.06. The molecule has 24 heavy (non-hydrogen) atoms. The van der Waals surface area contributed by atoms with Crippen LogP contribution in [0.2, 0.25) is 0 Å². The van der Waals surface area contributed by atoms with Gasteiger partial charge in [0.25, 0.3) is 0 Å². The largest absolute Gasteiger partial charge is 0.471 e. The van der Waals surface area contributed by atoms with Crippen molar-refractivity contribution in [1.29, 1.82) is 0 Å². The van der Waals surface area contributed by atoms with Crippen LogP contribution in [0.25, 0.3) is 0 Å². The molecule has 2 aliphatic rings. The molecule has 0 bridgehead atoms. The van der Waals surface area contributed by atoms with Crippen molar-refractivity contribution in [2.45, 2.75) is 50.4 Å². The van der Waals surface area contributed by atoms with E-state index in [0.29, 0.717) is 23.1 Å². The summed E-state index contributed by atoms with van der Waals surface area (Å²) >= 11 is 0. The van der Waals surface area contributed by atoms with Crippen LogP contribution >= 0.6 is 0 Å². The van der Waals surface area contributed by atoms with E-state index in [4.69, 9.17) is 0 Å².